The first-order valence-corrected chi connectivity index (χ1v) is 15.5. The van der Waals surface area contributed by atoms with E-state index in [4.69, 9.17) is 21.1 Å². The number of hydrogen-bond acceptors (Lipinski definition) is 8. The van der Waals surface area contributed by atoms with Crippen LogP contribution in [0.1, 0.15) is 70.3 Å². The molecule has 0 spiro atoms. The number of hydrazone groups is 1. The van der Waals surface area contributed by atoms with Gasteiger partial charge < -0.3 is 24.8 Å². The van der Waals surface area contributed by atoms with Gasteiger partial charge in [-0.1, -0.05) is 18.5 Å². The van der Waals surface area contributed by atoms with E-state index < -0.39 is 34.0 Å². The number of cyclic esters (lactones) is 1. The number of aliphatic hydroxyl groups excluding tert-OH is 1. The molecule has 1 heterocycles. The zero-order chi connectivity index (χ0) is 29.9. The quantitative estimate of drug-likeness (QED) is 0.221. The van der Waals surface area contributed by atoms with Gasteiger partial charge in [0.05, 0.1) is 17.3 Å². The molecule has 0 bridgehead atoms. The van der Waals surface area contributed by atoms with Gasteiger partial charge >= 0.3 is 5.97 Å². The molecule has 5 unspecified atom stereocenters. The first kappa shape index (κ1) is 29.6. The minimum Gasteiger partial charge on any atom is -0.483 e. The summed E-state index contributed by atoms with van der Waals surface area (Å²) in [6.07, 6.45) is 7.91. The van der Waals surface area contributed by atoms with Crippen molar-refractivity contribution in [3.63, 3.8) is 0 Å². The number of amides is 1. The lowest BCUT2D eigenvalue weighted by Crippen LogP contribution is -2.68. The van der Waals surface area contributed by atoms with Gasteiger partial charge in [0, 0.05) is 34.6 Å². The summed E-state index contributed by atoms with van der Waals surface area (Å²) in [6.45, 7) is 4.06. The Bertz CT molecular complexity index is 1330. The topological polar surface area (TPSA) is 138 Å². The van der Waals surface area contributed by atoms with Gasteiger partial charge in [0.1, 0.15) is 12.4 Å². The van der Waals surface area contributed by atoms with Crippen molar-refractivity contribution in [2.45, 2.75) is 88.9 Å². The van der Waals surface area contributed by atoms with Crippen LogP contribution in [0.15, 0.2) is 34.9 Å². The number of rotatable bonds is 6. The summed E-state index contributed by atoms with van der Waals surface area (Å²) in [5.41, 5.74) is 0.974. The van der Waals surface area contributed by atoms with Crippen LogP contribution in [0.3, 0.4) is 0 Å². The van der Waals surface area contributed by atoms with Gasteiger partial charge in [-0.05, 0) is 105 Å². The van der Waals surface area contributed by atoms with Gasteiger partial charge in [-0.25, -0.2) is 10.2 Å². The van der Waals surface area contributed by atoms with Crippen LogP contribution >= 0.6 is 11.6 Å². The molecule has 0 saturated heterocycles. The van der Waals surface area contributed by atoms with Crippen LogP contribution in [0.5, 0.6) is 5.75 Å². The van der Waals surface area contributed by atoms with Crippen LogP contribution in [-0.4, -0.2) is 63.9 Å². The number of esters is 1. The summed E-state index contributed by atoms with van der Waals surface area (Å²) >= 11 is 6.01. The molecule has 42 heavy (non-hydrogen) atoms. The Morgan fingerprint density at radius 1 is 1.17 bits per heavy atom. The Morgan fingerprint density at radius 2 is 1.95 bits per heavy atom. The Morgan fingerprint density at radius 3 is 2.69 bits per heavy atom. The molecule has 1 aromatic carbocycles. The van der Waals surface area contributed by atoms with Crippen molar-refractivity contribution in [2.75, 3.05) is 13.2 Å². The predicted octanol–water partition coefficient (Wildman–Crippen LogP) is 3.84. The zero-order valence-corrected chi connectivity index (χ0v) is 25.0. The zero-order valence-electron chi connectivity index (χ0n) is 24.3. The van der Waals surface area contributed by atoms with Crippen molar-refractivity contribution in [3.05, 3.63) is 40.4 Å². The molecule has 4 fully saturated rings. The number of ether oxygens (including phenoxy) is 2. The Kier molecular flexibility index (Phi) is 7.48. The highest BCUT2D eigenvalue weighted by atomic mass is 35.5. The van der Waals surface area contributed by atoms with Crippen molar-refractivity contribution in [1.82, 2.24) is 5.43 Å². The van der Waals surface area contributed by atoms with Gasteiger partial charge in [0.15, 0.2) is 6.61 Å². The SMILES string of the molecule is Cc1cc(Cl)ccc1OCC(=O)NN=CC12CC[C@@H](O)CC1(O)CC[C@@H]1[C@@H]2CCC2(C)C(C3=CC(=O)OC3)CCC12O. The molecule has 228 valence electrons. The fraction of sp³-hybridized carbons (Fsp3) is 0.656. The Hall–Kier alpha value is -2.46. The highest BCUT2D eigenvalue weighted by Gasteiger charge is 2.71. The van der Waals surface area contributed by atoms with Crippen LogP contribution in [0.25, 0.3) is 0 Å². The molecule has 8 atom stereocenters. The van der Waals surface area contributed by atoms with Crippen molar-refractivity contribution >= 4 is 29.7 Å². The van der Waals surface area contributed by atoms with Gasteiger partial charge in [-0.2, -0.15) is 5.10 Å². The molecule has 6 rings (SSSR count). The van der Waals surface area contributed by atoms with Crippen LogP contribution in [-0.2, 0) is 14.3 Å². The molecule has 10 heteroatoms. The van der Waals surface area contributed by atoms with E-state index in [9.17, 15) is 24.9 Å². The maximum atomic E-state index is 12.7. The Balaban J connectivity index is 1.23. The minimum absolute atomic E-state index is 0.0667. The van der Waals surface area contributed by atoms with E-state index in [2.05, 4.69) is 17.5 Å². The molecule has 4 aliphatic carbocycles. The summed E-state index contributed by atoms with van der Waals surface area (Å²) in [6, 6.07) is 5.17. The van der Waals surface area contributed by atoms with Gasteiger partial charge in [-0.3, -0.25) is 4.79 Å². The van der Waals surface area contributed by atoms with E-state index in [1.54, 1.807) is 30.5 Å². The molecule has 0 radical (unpaired) electrons. The number of nitrogens with one attached hydrogen (secondary N) is 1. The summed E-state index contributed by atoms with van der Waals surface area (Å²) < 4.78 is 10.9. The number of carbonyl (C=O) groups excluding carboxylic acids is 2. The average molecular weight is 601 g/mol. The summed E-state index contributed by atoms with van der Waals surface area (Å²) in [7, 11) is 0. The normalized spacial score (nSPS) is 41.0. The third kappa shape index (κ3) is 4.59. The standard InChI is InChI=1S/C32H41ClN2O7/c1-19-13-21(33)3-4-26(19)41-17-27(37)35-34-18-30-10-5-22(36)15-31(30,39)11-7-25-24(30)6-9-29(2)23(8-12-32(25,29)40)20-14-28(38)42-16-20/h3-4,13-14,18,22-25,36,39-40H,5-12,15-17H2,1-2H3,(H,35,37)/t22-,23?,24+,25-,29?,30?,31?,32?/m1/s1. The van der Waals surface area contributed by atoms with Crippen molar-refractivity contribution < 1.29 is 34.4 Å². The largest absolute Gasteiger partial charge is 0.483 e. The first-order valence-electron chi connectivity index (χ1n) is 15.1. The number of carbonyl (C=O) groups is 2. The van der Waals surface area contributed by atoms with Crippen LogP contribution in [0.2, 0.25) is 5.02 Å². The highest BCUT2D eigenvalue weighted by molar-refractivity contribution is 6.30. The van der Waals surface area contributed by atoms with Crippen LogP contribution in [0.4, 0.5) is 0 Å². The van der Waals surface area contributed by atoms with Crippen molar-refractivity contribution in [1.29, 1.82) is 0 Å². The fourth-order valence-corrected chi connectivity index (χ4v) is 9.76. The number of benzene rings is 1. The lowest BCUT2D eigenvalue weighted by molar-refractivity contribution is -0.237. The molecular formula is C32H41ClN2O7. The molecule has 4 saturated carbocycles. The number of aryl methyl sites for hydroxylation is 1. The molecule has 0 aromatic heterocycles. The van der Waals surface area contributed by atoms with Crippen molar-refractivity contribution in [3.8, 4) is 5.75 Å². The molecule has 1 amide bonds. The summed E-state index contributed by atoms with van der Waals surface area (Å²) in [5, 5.41) is 40.2. The molecule has 1 aromatic rings. The third-order valence-corrected chi connectivity index (χ3v) is 11.9. The highest BCUT2D eigenvalue weighted by Crippen LogP contribution is 2.70. The maximum absolute atomic E-state index is 12.7. The van der Waals surface area contributed by atoms with Gasteiger partial charge in [0.2, 0.25) is 0 Å². The first-order chi connectivity index (χ1) is 19.9. The maximum Gasteiger partial charge on any atom is 0.331 e. The van der Waals surface area contributed by atoms with E-state index in [0.717, 1.165) is 30.4 Å². The number of fused-ring (bicyclic) bond motifs is 5. The van der Waals surface area contributed by atoms with E-state index in [1.807, 2.05) is 6.92 Å². The van der Waals surface area contributed by atoms with Gasteiger partial charge in [0.25, 0.3) is 5.91 Å². The predicted molar refractivity (Wildman–Crippen MR) is 156 cm³/mol. The van der Waals surface area contributed by atoms with Crippen LogP contribution < -0.4 is 10.2 Å². The van der Waals surface area contributed by atoms with E-state index in [0.29, 0.717) is 49.5 Å². The molecule has 4 N–H and O–H groups in total. The molecule has 5 aliphatic rings. The second-order valence-corrected chi connectivity index (χ2v) is 13.9. The second-order valence-electron chi connectivity index (χ2n) is 13.5. The minimum atomic E-state index is -1.20. The number of hydrogen-bond donors (Lipinski definition) is 4. The second kappa shape index (κ2) is 10.6. The molecule has 9 nitrogen and oxygen atoms in total. The number of aliphatic hydroxyl groups is 3. The van der Waals surface area contributed by atoms with Crippen molar-refractivity contribution in [2.24, 2.45) is 33.7 Å². The summed E-state index contributed by atoms with van der Waals surface area (Å²) in [4.78, 5) is 24.5. The molecule has 1 aliphatic heterocycles. The number of nitrogens with zero attached hydrogens (tertiary/aromatic N) is 1. The van der Waals surface area contributed by atoms with E-state index >= 15 is 0 Å². The van der Waals surface area contributed by atoms with Gasteiger partial charge in [-0.15, -0.1) is 0 Å². The smallest absolute Gasteiger partial charge is 0.331 e. The van der Waals surface area contributed by atoms with Crippen LogP contribution in [0, 0.1) is 35.5 Å². The number of halogens is 1. The van der Waals surface area contributed by atoms with E-state index in [-0.39, 0.29) is 36.8 Å². The lowest BCUT2D eigenvalue weighted by Gasteiger charge is -2.65. The monoisotopic (exact) mass is 600 g/mol. The Labute approximate surface area is 251 Å². The van der Waals surface area contributed by atoms with E-state index in [1.165, 1.54) is 0 Å². The molecular weight excluding hydrogens is 560 g/mol. The fourth-order valence-electron chi connectivity index (χ4n) is 9.53. The average Bonchev–Trinajstić information content (AvgIpc) is 3.48. The lowest BCUT2D eigenvalue weighted by atomic mass is 9.41. The third-order valence-electron chi connectivity index (χ3n) is 11.6. The summed E-state index contributed by atoms with van der Waals surface area (Å²) in [5.74, 6) is -0.290.